The third-order valence-corrected chi connectivity index (χ3v) is 4.30. The fourth-order valence-corrected chi connectivity index (χ4v) is 2.97. The Labute approximate surface area is 106 Å². The topological polar surface area (TPSA) is 61.4 Å². The second-order valence-electron chi connectivity index (χ2n) is 3.76. The fourth-order valence-electron chi connectivity index (χ4n) is 1.62. The second-order valence-corrected chi connectivity index (χ2v) is 5.87. The van der Waals surface area contributed by atoms with Gasteiger partial charge in [-0.3, -0.25) is 4.72 Å². The fraction of sp³-hybridized carbons (Fsp3) is 0.400. The lowest BCUT2D eigenvalue weighted by Gasteiger charge is -2.26. The molecule has 5 nitrogen and oxygen atoms in total. The minimum atomic E-state index is -3.45. The van der Waals surface area contributed by atoms with E-state index in [4.69, 9.17) is 11.6 Å². The Morgan fingerprint density at radius 2 is 1.76 bits per heavy atom. The van der Waals surface area contributed by atoms with Crippen molar-refractivity contribution in [3.05, 3.63) is 29.3 Å². The quantitative estimate of drug-likeness (QED) is 0.862. The van der Waals surface area contributed by atoms with Gasteiger partial charge in [0.15, 0.2) is 0 Å². The Morgan fingerprint density at radius 3 is 2.35 bits per heavy atom. The maximum Gasteiger partial charge on any atom is 0.301 e. The van der Waals surface area contributed by atoms with E-state index in [1.54, 1.807) is 24.3 Å². The van der Waals surface area contributed by atoms with Crippen LogP contribution in [0.15, 0.2) is 24.3 Å². The summed E-state index contributed by atoms with van der Waals surface area (Å²) in [4.78, 5) is 0. The molecule has 1 aliphatic rings. The van der Waals surface area contributed by atoms with Crippen LogP contribution in [0.3, 0.4) is 0 Å². The number of hydrogen-bond acceptors (Lipinski definition) is 3. The Kier molecular flexibility index (Phi) is 3.88. The van der Waals surface area contributed by atoms with Crippen LogP contribution in [0.2, 0.25) is 5.02 Å². The van der Waals surface area contributed by atoms with Crippen LogP contribution < -0.4 is 10.0 Å². The van der Waals surface area contributed by atoms with Crippen LogP contribution in [-0.4, -0.2) is 38.9 Å². The third-order valence-electron chi connectivity index (χ3n) is 2.51. The molecule has 1 aliphatic heterocycles. The predicted octanol–water partition coefficient (Wildman–Crippen LogP) is 0.902. The molecule has 1 fully saturated rings. The lowest BCUT2D eigenvalue weighted by atomic mass is 10.3. The molecule has 7 heteroatoms. The van der Waals surface area contributed by atoms with Crippen LogP contribution in [0, 0.1) is 0 Å². The number of rotatable bonds is 3. The van der Waals surface area contributed by atoms with Gasteiger partial charge in [-0.05, 0) is 24.3 Å². The summed E-state index contributed by atoms with van der Waals surface area (Å²) in [6, 6.07) is 6.58. The number of hydrogen-bond donors (Lipinski definition) is 2. The van der Waals surface area contributed by atoms with E-state index in [0.29, 0.717) is 36.9 Å². The van der Waals surface area contributed by atoms with Crippen LogP contribution in [0.4, 0.5) is 5.69 Å². The average Bonchev–Trinajstić information content (AvgIpc) is 2.33. The van der Waals surface area contributed by atoms with Crippen LogP contribution in [-0.2, 0) is 10.2 Å². The summed E-state index contributed by atoms with van der Waals surface area (Å²) in [6.45, 7) is 2.34. The molecular weight excluding hydrogens is 262 g/mol. The van der Waals surface area contributed by atoms with Gasteiger partial charge >= 0.3 is 10.2 Å². The van der Waals surface area contributed by atoms with E-state index < -0.39 is 10.2 Å². The van der Waals surface area contributed by atoms with Gasteiger partial charge in [-0.25, -0.2) is 0 Å². The minimum Gasteiger partial charge on any atom is -0.314 e. The number of halogens is 1. The van der Waals surface area contributed by atoms with E-state index in [2.05, 4.69) is 10.0 Å². The molecule has 94 valence electrons. The second kappa shape index (κ2) is 5.22. The van der Waals surface area contributed by atoms with Gasteiger partial charge in [0.25, 0.3) is 0 Å². The first-order valence-corrected chi connectivity index (χ1v) is 7.14. The molecule has 2 N–H and O–H groups in total. The van der Waals surface area contributed by atoms with E-state index in [1.807, 2.05) is 0 Å². The molecule has 0 radical (unpaired) electrons. The summed E-state index contributed by atoms with van der Waals surface area (Å²) in [5.41, 5.74) is 0.521. The highest BCUT2D eigenvalue weighted by atomic mass is 35.5. The third kappa shape index (κ3) is 3.32. The van der Waals surface area contributed by atoms with Crippen molar-refractivity contribution in [2.24, 2.45) is 0 Å². The number of anilines is 1. The molecule has 0 atom stereocenters. The first-order chi connectivity index (χ1) is 8.08. The summed E-state index contributed by atoms with van der Waals surface area (Å²) in [6.07, 6.45) is 0. The molecule has 0 unspecified atom stereocenters. The van der Waals surface area contributed by atoms with E-state index in [9.17, 15) is 8.42 Å². The molecule has 0 amide bonds. The smallest absolute Gasteiger partial charge is 0.301 e. The average molecular weight is 276 g/mol. The van der Waals surface area contributed by atoms with Crippen LogP contribution in [0.5, 0.6) is 0 Å². The molecule has 0 saturated carbocycles. The van der Waals surface area contributed by atoms with E-state index in [1.165, 1.54) is 4.31 Å². The zero-order valence-corrected chi connectivity index (χ0v) is 10.8. The summed E-state index contributed by atoms with van der Waals surface area (Å²) in [5.74, 6) is 0. The molecule has 2 rings (SSSR count). The lowest BCUT2D eigenvalue weighted by molar-refractivity contribution is 0.362. The van der Waals surface area contributed by atoms with Crippen molar-refractivity contribution in [2.45, 2.75) is 0 Å². The van der Waals surface area contributed by atoms with Gasteiger partial charge in [0.2, 0.25) is 0 Å². The summed E-state index contributed by atoms with van der Waals surface area (Å²) >= 11 is 5.74. The van der Waals surface area contributed by atoms with Crippen molar-refractivity contribution >= 4 is 27.5 Å². The molecule has 17 heavy (non-hydrogen) atoms. The summed E-state index contributed by atoms with van der Waals surface area (Å²) in [7, 11) is -3.45. The number of piperazine rings is 1. The van der Waals surface area contributed by atoms with Gasteiger partial charge < -0.3 is 5.32 Å². The molecule has 0 spiro atoms. The maximum atomic E-state index is 12.0. The maximum absolute atomic E-state index is 12.0. The number of nitrogens with zero attached hydrogens (tertiary/aromatic N) is 1. The monoisotopic (exact) mass is 275 g/mol. The molecule has 0 aromatic heterocycles. The Hall–Kier alpha value is -0.820. The lowest BCUT2D eigenvalue weighted by Crippen LogP contribution is -2.48. The van der Waals surface area contributed by atoms with Gasteiger partial charge in [0.1, 0.15) is 0 Å². The standard InChI is InChI=1S/C10H14ClN3O2S/c11-9-1-3-10(4-2-9)13-17(15,16)14-7-5-12-6-8-14/h1-4,12-13H,5-8H2. The van der Waals surface area contributed by atoms with Gasteiger partial charge in [-0.2, -0.15) is 12.7 Å². The van der Waals surface area contributed by atoms with Crippen LogP contribution >= 0.6 is 11.6 Å². The van der Waals surface area contributed by atoms with Gasteiger partial charge in [-0.1, -0.05) is 11.6 Å². The molecule has 1 aromatic rings. The largest absolute Gasteiger partial charge is 0.314 e. The molecule has 0 bridgehead atoms. The van der Waals surface area contributed by atoms with Crippen molar-refractivity contribution in [2.75, 3.05) is 30.9 Å². The van der Waals surface area contributed by atoms with Crippen molar-refractivity contribution < 1.29 is 8.42 Å². The predicted molar refractivity (Wildman–Crippen MR) is 68.4 cm³/mol. The molecule has 1 saturated heterocycles. The number of benzene rings is 1. The SMILES string of the molecule is O=S(=O)(Nc1ccc(Cl)cc1)N1CCNCC1. The summed E-state index contributed by atoms with van der Waals surface area (Å²) < 4.78 is 27.9. The first kappa shape index (κ1) is 12.6. The van der Waals surface area contributed by atoms with E-state index >= 15 is 0 Å². The molecular formula is C10H14ClN3O2S. The molecule has 0 aliphatic carbocycles. The minimum absolute atomic E-state index is 0.489. The first-order valence-electron chi connectivity index (χ1n) is 5.32. The highest BCUT2D eigenvalue weighted by Gasteiger charge is 2.23. The highest BCUT2D eigenvalue weighted by Crippen LogP contribution is 2.16. The van der Waals surface area contributed by atoms with Crippen molar-refractivity contribution in [1.82, 2.24) is 9.62 Å². The van der Waals surface area contributed by atoms with Crippen LogP contribution in [0.1, 0.15) is 0 Å². The Bertz CT molecular complexity index is 469. The zero-order valence-electron chi connectivity index (χ0n) is 9.19. The van der Waals surface area contributed by atoms with Gasteiger partial charge in [-0.15, -0.1) is 0 Å². The van der Waals surface area contributed by atoms with Crippen molar-refractivity contribution in [3.8, 4) is 0 Å². The zero-order chi connectivity index (χ0) is 12.3. The van der Waals surface area contributed by atoms with Gasteiger partial charge in [0, 0.05) is 36.9 Å². The van der Waals surface area contributed by atoms with Gasteiger partial charge in [0.05, 0.1) is 0 Å². The number of nitrogens with one attached hydrogen (secondary N) is 2. The Balaban J connectivity index is 2.08. The van der Waals surface area contributed by atoms with E-state index in [0.717, 1.165) is 0 Å². The summed E-state index contributed by atoms with van der Waals surface area (Å²) in [5, 5.41) is 3.69. The van der Waals surface area contributed by atoms with Crippen molar-refractivity contribution in [1.29, 1.82) is 0 Å². The van der Waals surface area contributed by atoms with E-state index in [-0.39, 0.29) is 0 Å². The molecule has 1 heterocycles. The Morgan fingerprint density at radius 1 is 1.18 bits per heavy atom. The normalized spacial score (nSPS) is 17.9. The molecule has 1 aromatic carbocycles. The highest BCUT2D eigenvalue weighted by molar-refractivity contribution is 7.90. The van der Waals surface area contributed by atoms with Crippen LogP contribution in [0.25, 0.3) is 0 Å². The van der Waals surface area contributed by atoms with Crippen molar-refractivity contribution in [3.63, 3.8) is 0 Å².